The number of aromatic hydroxyl groups is 8. The van der Waals surface area contributed by atoms with Gasteiger partial charge in [0.1, 0.15) is 69.0 Å². The second kappa shape index (κ2) is 30.8. The van der Waals surface area contributed by atoms with E-state index >= 15 is 0 Å². The fourth-order valence-corrected chi connectivity index (χ4v) is 12.3. The summed E-state index contributed by atoms with van der Waals surface area (Å²) in [6, 6.07) is 41.4. The Kier molecular flexibility index (Phi) is 22.4. The number of phenols is 8. The van der Waals surface area contributed by atoms with Crippen molar-refractivity contribution in [3.8, 4) is 69.0 Å². The summed E-state index contributed by atoms with van der Waals surface area (Å²) in [6.07, 6.45) is 16.5. The molecule has 0 heterocycles. The molecule has 0 saturated heterocycles. The Bertz CT molecular complexity index is 2950. The van der Waals surface area contributed by atoms with Crippen molar-refractivity contribution >= 4 is 0 Å². The minimum absolute atomic E-state index is 0.257. The predicted octanol–water partition coefficient (Wildman–Crippen LogP) is 18.2. The molecule has 8 aromatic carbocycles. The average molecular weight is 1190 g/mol. The van der Waals surface area contributed by atoms with Crippen LogP contribution in [0.5, 0.6) is 69.0 Å². The topological polar surface area (TPSA) is 199 Å². The van der Waals surface area contributed by atoms with Gasteiger partial charge in [0.25, 0.3) is 0 Å². The van der Waals surface area contributed by atoms with Crippen LogP contribution in [0.4, 0.5) is 0 Å². The molecule has 0 aromatic heterocycles. The molecule has 0 radical (unpaired) electrons. The molecule has 0 unspecified atom stereocenters. The van der Waals surface area contributed by atoms with Gasteiger partial charge >= 0.3 is 0 Å². The van der Waals surface area contributed by atoms with Crippen LogP contribution in [-0.2, 0) is 0 Å². The number of ether oxygens (including phenoxy) is 4. The summed E-state index contributed by atoms with van der Waals surface area (Å²) >= 11 is 0. The number of phenolic OH excluding ortho intramolecular Hbond substituents is 8. The first-order valence-corrected chi connectivity index (χ1v) is 32.0. The lowest BCUT2D eigenvalue weighted by Gasteiger charge is -2.30. The lowest BCUT2D eigenvalue weighted by atomic mass is 9.75. The van der Waals surface area contributed by atoms with Gasteiger partial charge in [-0.25, -0.2) is 0 Å². The molecule has 8 N–H and O–H groups in total. The summed E-state index contributed by atoms with van der Waals surface area (Å²) in [5.74, 6) is -4.04. The van der Waals surface area contributed by atoms with Gasteiger partial charge in [-0.05, 0) is 121 Å². The number of benzene rings is 8. The summed E-state index contributed by atoms with van der Waals surface area (Å²) < 4.78 is 24.9. The van der Waals surface area contributed by atoms with E-state index in [4.69, 9.17) is 18.9 Å². The molecule has 0 aliphatic heterocycles. The van der Waals surface area contributed by atoms with Crippen molar-refractivity contribution in [2.45, 2.75) is 154 Å². The van der Waals surface area contributed by atoms with Gasteiger partial charge in [-0.2, -0.15) is 0 Å². The molecule has 0 spiro atoms. The molecular weight excluding hydrogens is 1100 g/mol. The standard InChI is InChI=1S/C76H88O12/c1-5-9-13-17-37-85-53-29-21-49(22-30-53)73-57-41-59(67(79)45-65(57)77)74(50-23-31-54(32-24-50)86-38-18-14-10-6-2)61-43-63(71(83)47-69(61)81)76(52-27-35-56(36-28-52)88-40-20-16-12-8-4)64-44-62(70(82)48-72(64)84)75(60-42-58(73)66(78)46-68(60)80)51-25-33-55(34-26-51)87-39-19-15-11-7-3/h21-36,41-48,73-84H,5-20,37-40H2,1-4H3. The Hall–Kier alpha value is -8.64. The van der Waals surface area contributed by atoms with E-state index in [1.807, 2.05) is 97.1 Å². The van der Waals surface area contributed by atoms with Crippen LogP contribution in [0.1, 0.15) is 221 Å². The van der Waals surface area contributed by atoms with E-state index in [9.17, 15) is 40.9 Å². The Balaban J connectivity index is 1.32. The van der Waals surface area contributed by atoms with Gasteiger partial charge in [0.15, 0.2) is 0 Å². The Morgan fingerprint density at radius 1 is 0.227 bits per heavy atom. The van der Waals surface area contributed by atoms with Gasteiger partial charge in [0.2, 0.25) is 0 Å². The van der Waals surface area contributed by atoms with Crippen molar-refractivity contribution in [3.05, 3.63) is 212 Å². The molecule has 0 fully saturated rings. The Labute approximate surface area is 519 Å². The van der Waals surface area contributed by atoms with Crippen LogP contribution in [0.25, 0.3) is 0 Å². The third kappa shape index (κ3) is 15.4. The Morgan fingerprint density at radius 2 is 0.398 bits per heavy atom. The molecule has 8 aromatic rings. The third-order valence-corrected chi connectivity index (χ3v) is 17.1. The fraction of sp³-hybridized carbons (Fsp3) is 0.368. The van der Waals surface area contributed by atoms with Crippen molar-refractivity contribution < 1.29 is 59.8 Å². The zero-order chi connectivity index (χ0) is 62.1. The third-order valence-electron chi connectivity index (χ3n) is 17.1. The highest BCUT2D eigenvalue weighted by Crippen LogP contribution is 2.54. The molecule has 1 aliphatic rings. The highest BCUT2D eigenvalue weighted by molar-refractivity contribution is 5.67. The second-order valence-electron chi connectivity index (χ2n) is 23.5. The van der Waals surface area contributed by atoms with Gasteiger partial charge in [-0.15, -0.1) is 0 Å². The predicted molar refractivity (Wildman–Crippen MR) is 347 cm³/mol. The van der Waals surface area contributed by atoms with Crippen LogP contribution in [0.2, 0.25) is 0 Å². The monoisotopic (exact) mass is 1190 g/mol. The maximum absolute atomic E-state index is 12.4. The first kappa shape index (κ1) is 63.9. The second-order valence-corrected chi connectivity index (χ2v) is 23.5. The number of hydrogen-bond acceptors (Lipinski definition) is 12. The lowest BCUT2D eigenvalue weighted by molar-refractivity contribution is 0.305. The minimum atomic E-state index is -1.01. The van der Waals surface area contributed by atoms with Gasteiger partial charge in [0, 0.05) is 92.4 Å². The molecule has 0 amide bonds. The first-order valence-electron chi connectivity index (χ1n) is 32.0. The SMILES string of the molecule is CCCCCCOc1ccc(C2c3cc(c(O)cc3O)C(c3ccc(OCCCCCC)cc3)c3cc(c(O)cc3O)C(c3ccc(OCCCCCC)cc3)c3cc(c(O)cc3O)C(c3ccc(OCCCCCC)cc3)c3cc2c(O)cc3O)cc1. The molecule has 0 saturated carbocycles. The maximum atomic E-state index is 12.4. The van der Waals surface area contributed by atoms with E-state index in [0.717, 1.165) is 103 Å². The minimum Gasteiger partial charge on any atom is -0.507 e. The highest BCUT2D eigenvalue weighted by atomic mass is 16.5. The van der Waals surface area contributed by atoms with Crippen LogP contribution < -0.4 is 18.9 Å². The molecule has 12 heteroatoms. The van der Waals surface area contributed by atoms with Gasteiger partial charge in [0.05, 0.1) is 26.4 Å². The highest BCUT2D eigenvalue weighted by Gasteiger charge is 2.35. The van der Waals surface area contributed by atoms with Crippen molar-refractivity contribution in [1.82, 2.24) is 0 Å². The van der Waals surface area contributed by atoms with E-state index in [0.29, 0.717) is 71.7 Å². The quantitative estimate of drug-likeness (QED) is 0.0216. The van der Waals surface area contributed by atoms with Gasteiger partial charge in [-0.1, -0.05) is 153 Å². The Morgan fingerprint density at radius 3 is 0.557 bits per heavy atom. The summed E-state index contributed by atoms with van der Waals surface area (Å²) in [7, 11) is 0. The zero-order valence-corrected chi connectivity index (χ0v) is 51.5. The number of rotatable bonds is 28. The summed E-state index contributed by atoms with van der Waals surface area (Å²) in [4.78, 5) is 0. The number of unbranched alkanes of at least 4 members (excludes halogenated alkanes) is 12. The van der Waals surface area contributed by atoms with E-state index in [1.54, 1.807) is 24.3 Å². The molecular formula is C76H88O12. The van der Waals surface area contributed by atoms with Crippen molar-refractivity contribution in [2.75, 3.05) is 26.4 Å². The molecule has 88 heavy (non-hydrogen) atoms. The largest absolute Gasteiger partial charge is 0.507 e. The molecule has 1 aliphatic carbocycles. The molecule has 12 nitrogen and oxygen atoms in total. The summed E-state index contributed by atoms with van der Waals surface area (Å²) in [6.45, 7) is 10.7. The van der Waals surface area contributed by atoms with Gasteiger partial charge < -0.3 is 59.8 Å². The van der Waals surface area contributed by atoms with E-state index in [2.05, 4.69) is 27.7 Å². The van der Waals surface area contributed by atoms with E-state index < -0.39 is 23.7 Å². The summed E-state index contributed by atoms with van der Waals surface area (Å²) in [5, 5.41) is 99.5. The van der Waals surface area contributed by atoms with Crippen LogP contribution in [0, 0.1) is 0 Å². The molecule has 8 bridgehead atoms. The maximum Gasteiger partial charge on any atom is 0.123 e. The van der Waals surface area contributed by atoms with Crippen LogP contribution >= 0.6 is 0 Å². The number of fused-ring (bicyclic) bond motifs is 8. The normalized spacial score (nSPS) is 15.4. The van der Waals surface area contributed by atoms with Crippen molar-refractivity contribution in [2.24, 2.45) is 0 Å². The molecule has 0 atom stereocenters. The smallest absolute Gasteiger partial charge is 0.123 e. The average Bonchev–Trinajstić information content (AvgIpc) is 1.07. The lowest BCUT2D eigenvalue weighted by Crippen LogP contribution is -2.13. The molecule has 464 valence electrons. The van der Waals surface area contributed by atoms with Crippen LogP contribution in [0.15, 0.2) is 146 Å². The molecule has 9 rings (SSSR count). The van der Waals surface area contributed by atoms with Crippen molar-refractivity contribution in [1.29, 1.82) is 0 Å². The van der Waals surface area contributed by atoms with Crippen LogP contribution in [0.3, 0.4) is 0 Å². The fourth-order valence-electron chi connectivity index (χ4n) is 12.3. The van der Waals surface area contributed by atoms with Crippen molar-refractivity contribution in [3.63, 3.8) is 0 Å². The van der Waals surface area contributed by atoms with Gasteiger partial charge in [-0.3, -0.25) is 0 Å². The van der Waals surface area contributed by atoms with E-state index in [1.165, 1.54) is 24.3 Å². The first-order chi connectivity index (χ1) is 42.8. The van der Waals surface area contributed by atoms with E-state index in [-0.39, 0.29) is 90.5 Å². The summed E-state index contributed by atoms with van der Waals surface area (Å²) in [5.41, 5.74) is 4.48. The zero-order valence-electron chi connectivity index (χ0n) is 51.5. The number of hydrogen-bond donors (Lipinski definition) is 8. The van der Waals surface area contributed by atoms with Crippen LogP contribution in [-0.4, -0.2) is 67.3 Å².